The first kappa shape index (κ1) is 16.8. The zero-order chi connectivity index (χ0) is 16.3. The average molecular weight is 320 g/mol. The Bertz CT molecular complexity index is 575. The summed E-state index contributed by atoms with van der Waals surface area (Å²) >= 11 is 1.41. The summed E-state index contributed by atoms with van der Waals surface area (Å²) < 4.78 is 4.48. The predicted molar refractivity (Wildman–Crippen MR) is 91.0 cm³/mol. The number of nitrogens with zero attached hydrogens (tertiary/aromatic N) is 4. The van der Waals surface area contributed by atoms with Crippen LogP contribution < -0.4 is 4.90 Å². The Balaban J connectivity index is 2.28. The topological polar surface area (TPSA) is 39.7 Å². The highest BCUT2D eigenvalue weighted by Crippen LogP contribution is 2.31. The van der Waals surface area contributed by atoms with Crippen LogP contribution in [-0.4, -0.2) is 46.1 Å². The smallest absolute Gasteiger partial charge is 0.309 e. The van der Waals surface area contributed by atoms with Crippen molar-refractivity contribution in [3.05, 3.63) is 11.3 Å². The third-order valence-electron chi connectivity index (χ3n) is 3.94. The lowest BCUT2D eigenvalue weighted by molar-refractivity contribution is 0.0995. The van der Waals surface area contributed by atoms with Gasteiger partial charge < -0.3 is 4.90 Å². The van der Waals surface area contributed by atoms with Crippen molar-refractivity contribution in [3.63, 3.8) is 0 Å². The molecule has 1 aliphatic rings. The average Bonchev–Trinajstić information content (AvgIpc) is 2.86. The van der Waals surface area contributed by atoms with Gasteiger partial charge in [-0.25, -0.2) is 4.79 Å². The monoisotopic (exact) mass is 320 g/mol. The fraction of sp³-hybridized carbons (Fsp3) is 0.625. The van der Waals surface area contributed by atoms with Crippen LogP contribution in [0.25, 0.3) is 0 Å². The van der Waals surface area contributed by atoms with Gasteiger partial charge >= 0.3 is 6.03 Å². The molecule has 0 spiro atoms. The van der Waals surface area contributed by atoms with Gasteiger partial charge in [0.05, 0.1) is 19.0 Å². The van der Waals surface area contributed by atoms with Crippen molar-refractivity contribution in [3.8, 4) is 12.3 Å². The van der Waals surface area contributed by atoms with E-state index < -0.39 is 0 Å². The summed E-state index contributed by atoms with van der Waals surface area (Å²) in [4.78, 5) is 18.7. The maximum absolute atomic E-state index is 12.8. The number of carbonyl (C=O) groups is 1. The molecule has 0 unspecified atom stereocenters. The molecule has 2 rings (SSSR count). The molecular weight excluding hydrogens is 296 g/mol. The van der Waals surface area contributed by atoms with Gasteiger partial charge in [-0.1, -0.05) is 6.92 Å². The molecule has 1 saturated heterocycles. The maximum Gasteiger partial charge on any atom is 0.327 e. The predicted octanol–water partition coefficient (Wildman–Crippen LogP) is 2.90. The van der Waals surface area contributed by atoms with E-state index in [1.807, 2.05) is 30.6 Å². The molecule has 2 heterocycles. The first-order chi connectivity index (χ1) is 10.5. The Hall–Kier alpha value is -1.58. The summed E-state index contributed by atoms with van der Waals surface area (Å²) in [6.07, 6.45) is 6.96. The molecule has 0 bridgehead atoms. The highest BCUT2D eigenvalue weighted by atomic mass is 32.1. The standard InChI is InChI=1S/C16H24N4OS/c1-6-8-9-18-10-19(12(3)4)16(21)20(11-18)15-13(5)14(7-2)17-22-15/h1,12H,7-11H2,2-5H3. The maximum atomic E-state index is 12.8. The lowest BCUT2D eigenvalue weighted by Crippen LogP contribution is -2.60. The van der Waals surface area contributed by atoms with Gasteiger partial charge in [-0.3, -0.25) is 9.80 Å². The molecule has 0 N–H and O–H groups in total. The van der Waals surface area contributed by atoms with Crippen LogP contribution >= 0.6 is 11.5 Å². The number of urea groups is 1. The van der Waals surface area contributed by atoms with Gasteiger partial charge in [0.1, 0.15) is 5.00 Å². The van der Waals surface area contributed by atoms with E-state index in [2.05, 4.69) is 22.1 Å². The summed E-state index contributed by atoms with van der Waals surface area (Å²) in [6, 6.07) is 0.212. The van der Waals surface area contributed by atoms with Crippen molar-refractivity contribution >= 4 is 22.6 Å². The lowest BCUT2D eigenvalue weighted by Gasteiger charge is -2.43. The number of amides is 2. The third-order valence-corrected chi connectivity index (χ3v) is 4.95. The van der Waals surface area contributed by atoms with Gasteiger partial charge in [-0.2, -0.15) is 4.37 Å². The SMILES string of the molecule is C#CCCN1CN(c2snc(CC)c2C)C(=O)N(C(C)C)C1. The van der Waals surface area contributed by atoms with Crippen molar-refractivity contribution in [1.82, 2.24) is 14.2 Å². The molecule has 1 aromatic heterocycles. The minimum absolute atomic E-state index is 0.0568. The van der Waals surface area contributed by atoms with Crippen LogP contribution in [0, 0.1) is 19.3 Å². The number of hydrogen-bond acceptors (Lipinski definition) is 4. The molecule has 6 heteroatoms. The van der Waals surface area contributed by atoms with Crippen LogP contribution in [0.3, 0.4) is 0 Å². The van der Waals surface area contributed by atoms with E-state index in [4.69, 9.17) is 6.42 Å². The van der Waals surface area contributed by atoms with Gasteiger partial charge in [-0.15, -0.1) is 12.3 Å². The molecule has 0 aliphatic carbocycles. The normalized spacial score (nSPS) is 16.5. The lowest BCUT2D eigenvalue weighted by atomic mass is 10.2. The molecule has 0 radical (unpaired) electrons. The molecule has 0 saturated carbocycles. The number of carbonyl (C=O) groups excluding carboxylic acids is 1. The number of rotatable bonds is 5. The van der Waals surface area contributed by atoms with Crippen LogP contribution in [0.1, 0.15) is 38.4 Å². The van der Waals surface area contributed by atoms with Gasteiger partial charge in [0.25, 0.3) is 0 Å². The van der Waals surface area contributed by atoms with E-state index in [0.717, 1.165) is 29.2 Å². The Kier molecular flexibility index (Phi) is 5.43. The molecule has 1 aromatic rings. The summed E-state index contributed by atoms with van der Waals surface area (Å²) in [5.74, 6) is 2.68. The second-order valence-electron chi connectivity index (χ2n) is 5.82. The fourth-order valence-electron chi connectivity index (χ4n) is 2.58. The van der Waals surface area contributed by atoms with E-state index in [0.29, 0.717) is 19.8 Å². The molecule has 0 atom stereocenters. The largest absolute Gasteiger partial charge is 0.327 e. The van der Waals surface area contributed by atoms with E-state index in [9.17, 15) is 4.79 Å². The zero-order valence-electron chi connectivity index (χ0n) is 13.8. The number of aryl methyl sites for hydroxylation is 1. The Morgan fingerprint density at radius 2 is 2.14 bits per heavy atom. The number of terminal acetylenes is 1. The van der Waals surface area contributed by atoms with Crippen LogP contribution in [0.2, 0.25) is 0 Å². The van der Waals surface area contributed by atoms with Gasteiger partial charge in [-0.05, 0) is 38.7 Å². The molecule has 1 fully saturated rings. The van der Waals surface area contributed by atoms with Crippen molar-refractivity contribution in [2.24, 2.45) is 0 Å². The number of hydrogen-bond donors (Lipinski definition) is 0. The molecule has 2 amide bonds. The van der Waals surface area contributed by atoms with Crippen molar-refractivity contribution < 1.29 is 4.79 Å². The van der Waals surface area contributed by atoms with Gasteiger partial charge in [0, 0.05) is 24.6 Å². The van der Waals surface area contributed by atoms with Crippen LogP contribution in [0.4, 0.5) is 9.80 Å². The van der Waals surface area contributed by atoms with E-state index >= 15 is 0 Å². The molecule has 5 nitrogen and oxygen atoms in total. The fourth-order valence-corrected chi connectivity index (χ4v) is 3.53. The van der Waals surface area contributed by atoms with E-state index in [1.165, 1.54) is 11.5 Å². The Labute approximate surface area is 137 Å². The molecule has 120 valence electrons. The first-order valence-electron chi connectivity index (χ1n) is 7.68. The van der Waals surface area contributed by atoms with Crippen molar-refractivity contribution in [2.45, 2.75) is 46.6 Å². The summed E-state index contributed by atoms with van der Waals surface area (Å²) in [7, 11) is 0. The van der Waals surface area contributed by atoms with Crippen LogP contribution in [-0.2, 0) is 6.42 Å². The highest BCUT2D eigenvalue weighted by Gasteiger charge is 2.34. The quantitative estimate of drug-likeness (QED) is 0.783. The minimum Gasteiger partial charge on any atom is -0.309 e. The Morgan fingerprint density at radius 1 is 1.41 bits per heavy atom. The molecule has 22 heavy (non-hydrogen) atoms. The minimum atomic E-state index is 0.0568. The van der Waals surface area contributed by atoms with Gasteiger partial charge in [0.15, 0.2) is 0 Å². The van der Waals surface area contributed by atoms with Gasteiger partial charge in [0.2, 0.25) is 0 Å². The molecule has 0 aromatic carbocycles. The summed E-state index contributed by atoms with van der Waals surface area (Å²) in [5, 5.41) is 0.956. The molecule has 1 aliphatic heterocycles. The Morgan fingerprint density at radius 3 is 2.68 bits per heavy atom. The summed E-state index contributed by atoms with van der Waals surface area (Å²) in [5.41, 5.74) is 2.19. The number of anilines is 1. The second-order valence-corrected chi connectivity index (χ2v) is 6.57. The van der Waals surface area contributed by atoms with Crippen LogP contribution in [0.5, 0.6) is 0 Å². The van der Waals surface area contributed by atoms with E-state index in [1.54, 1.807) is 0 Å². The van der Waals surface area contributed by atoms with E-state index in [-0.39, 0.29) is 12.1 Å². The molecular formula is C16H24N4OS. The number of aromatic nitrogens is 1. The third kappa shape index (κ3) is 3.26. The van der Waals surface area contributed by atoms with Crippen molar-refractivity contribution in [1.29, 1.82) is 0 Å². The second kappa shape index (κ2) is 7.12. The highest BCUT2D eigenvalue weighted by molar-refractivity contribution is 7.10. The zero-order valence-corrected chi connectivity index (χ0v) is 14.6. The first-order valence-corrected chi connectivity index (χ1v) is 8.46. The summed E-state index contributed by atoms with van der Waals surface area (Å²) in [6.45, 7) is 10.2. The van der Waals surface area contributed by atoms with Crippen molar-refractivity contribution in [2.75, 3.05) is 24.8 Å². The van der Waals surface area contributed by atoms with Crippen LogP contribution in [0.15, 0.2) is 0 Å².